The molecule has 0 saturated carbocycles. The number of hydrogen-bond donors (Lipinski definition) is 1. The Bertz CT molecular complexity index is 37.1. The molecule has 2 nitrogen and oxygen atoms in total. The predicted molar refractivity (Wildman–Crippen MR) is 29.8 cm³/mol. The maximum Gasteiger partial charge on any atom is 0.0477 e. The molecule has 0 heterocycles. The lowest BCUT2D eigenvalue weighted by atomic mass is 10.3. The van der Waals surface area contributed by atoms with Crippen LogP contribution in [-0.4, -0.2) is 19.8 Å². The van der Waals surface area contributed by atoms with Crippen molar-refractivity contribution in [3.05, 3.63) is 6.92 Å². The van der Waals surface area contributed by atoms with Crippen LogP contribution < -0.4 is 5.73 Å². The molecule has 0 spiro atoms. The van der Waals surface area contributed by atoms with Crippen molar-refractivity contribution >= 4 is 0 Å². The van der Waals surface area contributed by atoms with Gasteiger partial charge < -0.3 is 10.5 Å². The van der Waals surface area contributed by atoms with Gasteiger partial charge in [-0.05, 0) is 13.3 Å². The first-order chi connectivity index (χ1) is 3.27. The van der Waals surface area contributed by atoms with Crippen LogP contribution in [0.25, 0.3) is 0 Å². The molecule has 0 saturated heterocycles. The molecule has 0 rings (SSSR count). The summed E-state index contributed by atoms with van der Waals surface area (Å²) in [4.78, 5) is 0. The highest BCUT2D eigenvalue weighted by Gasteiger charge is 1.89. The molecule has 0 bridgehead atoms. The van der Waals surface area contributed by atoms with Gasteiger partial charge in [-0.3, -0.25) is 0 Å². The molecule has 1 radical (unpaired) electrons. The first-order valence-electron chi connectivity index (χ1n) is 2.35. The van der Waals surface area contributed by atoms with Crippen LogP contribution in [0.1, 0.15) is 6.42 Å². The summed E-state index contributed by atoms with van der Waals surface area (Å²) in [5, 5.41) is 0. The Kier molecular flexibility index (Phi) is 4.04. The third-order valence-electron chi connectivity index (χ3n) is 0.693. The molecule has 0 aromatic heterocycles. The van der Waals surface area contributed by atoms with E-state index in [9.17, 15) is 0 Å². The van der Waals surface area contributed by atoms with Crippen molar-refractivity contribution in [1.29, 1.82) is 0 Å². The number of methoxy groups -OCH3 is 1. The van der Waals surface area contributed by atoms with Gasteiger partial charge in [0.15, 0.2) is 0 Å². The molecule has 2 N–H and O–H groups in total. The molecule has 0 aliphatic heterocycles. The second-order valence-corrected chi connectivity index (χ2v) is 1.54. The van der Waals surface area contributed by atoms with Crippen molar-refractivity contribution in [2.45, 2.75) is 12.5 Å². The SMILES string of the molecule is [CH2]C(N)CCOC. The van der Waals surface area contributed by atoms with E-state index in [-0.39, 0.29) is 6.04 Å². The molecule has 0 aromatic carbocycles. The Morgan fingerprint density at radius 2 is 2.43 bits per heavy atom. The fourth-order valence-electron chi connectivity index (χ4n) is 0.269. The van der Waals surface area contributed by atoms with Crippen molar-refractivity contribution < 1.29 is 4.74 Å². The van der Waals surface area contributed by atoms with E-state index < -0.39 is 0 Å². The highest BCUT2D eigenvalue weighted by Crippen LogP contribution is 1.82. The monoisotopic (exact) mass is 102 g/mol. The van der Waals surface area contributed by atoms with Crippen LogP contribution in [0.4, 0.5) is 0 Å². The van der Waals surface area contributed by atoms with Gasteiger partial charge in [-0.25, -0.2) is 0 Å². The summed E-state index contributed by atoms with van der Waals surface area (Å²) in [6.07, 6.45) is 0.844. The fraction of sp³-hybridized carbons (Fsp3) is 0.800. The minimum Gasteiger partial charge on any atom is -0.385 e. The summed E-state index contributed by atoms with van der Waals surface area (Å²) < 4.78 is 4.73. The van der Waals surface area contributed by atoms with E-state index in [4.69, 9.17) is 10.5 Å². The third kappa shape index (κ3) is 5.92. The normalized spacial score (nSPS) is 14.1. The summed E-state index contributed by atoms with van der Waals surface area (Å²) in [5.41, 5.74) is 5.29. The highest BCUT2D eigenvalue weighted by atomic mass is 16.5. The van der Waals surface area contributed by atoms with Gasteiger partial charge in [-0.2, -0.15) is 0 Å². The second-order valence-electron chi connectivity index (χ2n) is 1.54. The molecule has 2 heteroatoms. The van der Waals surface area contributed by atoms with Crippen LogP contribution in [0.2, 0.25) is 0 Å². The van der Waals surface area contributed by atoms with Gasteiger partial charge in [0.25, 0.3) is 0 Å². The van der Waals surface area contributed by atoms with Crippen molar-refractivity contribution in [3.8, 4) is 0 Å². The van der Waals surface area contributed by atoms with E-state index in [0.717, 1.165) is 6.42 Å². The zero-order valence-electron chi connectivity index (χ0n) is 4.68. The maximum absolute atomic E-state index is 5.29. The molecule has 0 aliphatic carbocycles. The first-order valence-corrected chi connectivity index (χ1v) is 2.35. The summed E-state index contributed by atoms with van der Waals surface area (Å²) >= 11 is 0. The number of ether oxygens (including phenoxy) is 1. The van der Waals surface area contributed by atoms with Crippen molar-refractivity contribution in [3.63, 3.8) is 0 Å². The molecular weight excluding hydrogens is 90.1 g/mol. The Labute approximate surface area is 44.7 Å². The van der Waals surface area contributed by atoms with E-state index in [1.54, 1.807) is 7.11 Å². The Hall–Kier alpha value is -0.0800. The minimum absolute atomic E-state index is 0.0277. The van der Waals surface area contributed by atoms with Gasteiger partial charge in [-0.1, -0.05) is 0 Å². The highest BCUT2D eigenvalue weighted by molar-refractivity contribution is 4.60. The standard InChI is InChI=1S/C5H12NO/c1-5(6)3-4-7-2/h5H,1,3-4,6H2,2H3. The predicted octanol–water partition coefficient (Wildman–Crippen LogP) is 0.184. The lowest BCUT2D eigenvalue weighted by Gasteiger charge is -2.00. The fourth-order valence-corrected chi connectivity index (χ4v) is 0.269. The first kappa shape index (κ1) is 6.92. The van der Waals surface area contributed by atoms with Crippen LogP contribution in [0, 0.1) is 6.92 Å². The maximum atomic E-state index is 5.29. The van der Waals surface area contributed by atoms with Gasteiger partial charge >= 0.3 is 0 Å². The molecular formula is C5H12NO. The topological polar surface area (TPSA) is 35.2 Å². The van der Waals surface area contributed by atoms with E-state index in [2.05, 4.69) is 6.92 Å². The Balaban J connectivity index is 2.68. The van der Waals surface area contributed by atoms with Crippen LogP contribution in [-0.2, 0) is 4.74 Å². The zero-order valence-corrected chi connectivity index (χ0v) is 4.68. The summed E-state index contributed by atoms with van der Waals surface area (Å²) in [6, 6.07) is 0.0277. The van der Waals surface area contributed by atoms with E-state index in [0.29, 0.717) is 6.61 Å². The average Bonchev–Trinajstić information content (AvgIpc) is 1.61. The van der Waals surface area contributed by atoms with Crippen molar-refractivity contribution in [2.24, 2.45) is 5.73 Å². The Morgan fingerprint density at radius 1 is 1.86 bits per heavy atom. The van der Waals surface area contributed by atoms with Gasteiger partial charge in [0.05, 0.1) is 0 Å². The molecule has 0 aromatic rings. The number of rotatable bonds is 3. The van der Waals surface area contributed by atoms with Crippen molar-refractivity contribution in [1.82, 2.24) is 0 Å². The van der Waals surface area contributed by atoms with E-state index in [1.165, 1.54) is 0 Å². The number of nitrogens with two attached hydrogens (primary N) is 1. The van der Waals surface area contributed by atoms with Gasteiger partial charge in [-0.15, -0.1) is 0 Å². The quantitative estimate of drug-likeness (QED) is 0.552. The zero-order chi connectivity index (χ0) is 5.70. The van der Waals surface area contributed by atoms with E-state index >= 15 is 0 Å². The van der Waals surface area contributed by atoms with Crippen LogP contribution in [0.5, 0.6) is 0 Å². The second kappa shape index (κ2) is 4.09. The van der Waals surface area contributed by atoms with Crippen molar-refractivity contribution in [2.75, 3.05) is 13.7 Å². The van der Waals surface area contributed by atoms with Gasteiger partial charge in [0.2, 0.25) is 0 Å². The summed E-state index contributed by atoms with van der Waals surface area (Å²) in [6.45, 7) is 4.29. The molecule has 43 valence electrons. The molecule has 0 fully saturated rings. The summed E-state index contributed by atoms with van der Waals surface area (Å²) in [5.74, 6) is 0. The van der Waals surface area contributed by atoms with Crippen LogP contribution in [0.3, 0.4) is 0 Å². The average molecular weight is 102 g/mol. The Morgan fingerprint density at radius 3 is 2.57 bits per heavy atom. The third-order valence-corrected chi connectivity index (χ3v) is 0.693. The van der Waals surface area contributed by atoms with Crippen LogP contribution in [0.15, 0.2) is 0 Å². The molecule has 7 heavy (non-hydrogen) atoms. The van der Waals surface area contributed by atoms with Gasteiger partial charge in [0.1, 0.15) is 0 Å². The summed E-state index contributed by atoms with van der Waals surface area (Å²) in [7, 11) is 1.66. The van der Waals surface area contributed by atoms with E-state index in [1.807, 2.05) is 0 Å². The van der Waals surface area contributed by atoms with Gasteiger partial charge in [0, 0.05) is 19.8 Å². The smallest absolute Gasteiger partial charge is 0.0477 e. The number of hydrogen-bond acceptors (Lipinski definition) is 2. The lowest BCUT2D eigenvalue weighted by molar-refractivity contribution is 0.192. The molecule has 0 amide bonds. The largest absolute Gasteiger partial charge is 0.385 e. The molecule has 1 atom stereocenters. The lowest BCUT2D eigenvalue weighted by Crippen LogP contribution is -2.16. The molecule has 1 unspecified atom stereocenters. The van der Waals surface area contributed by atoms with Crippen LogP contribution >= 0.6 is 0 Å². The molecule has 0 aliphatic rings. The minimum atomic E-state index is 0.0277.